The minimum atomic E-state index is -0.569. The number of hydrogen-bond acceptors (Lipinski definition) is 0. The zero-order valence-corrected chi connectivity index (χ0v) is 9.76. The molecule has 0 spiro atoms. The Labute approximate surface area is 84.7 Å². The van der Waals surface area contributed by atoms with Crippen molar-refractivity contribution in [3.8, 4) is 0 Å². The van der Waals surface area contributed by atoms with Gasteiger partial charge >= 0.3 is 0 Å². The maximum atomic E-state index is 3.78. The van der Waals surface area contributed by atoms with Crippen molar-refractivity contribution < 1.29 is 0 Å². The van der Waals surface area contributed by atoms with Gasteiger partial charge in [0.15, 0.2) is 0 Å². The second-order valence-corrected chi connectivity index (χ2v) is 5.31. The summed E-state index contributed by atoms with van der Waals surface area (Å²) in [4.78, 5) is 0. The van der Waals surface area contributed by atoms with Crippen molar-refractivity contribution in [2.75, 3.05) is 0 Å². The Morgan fingerprint density at radius 2 is 1.77 bits per heavy atom. The quantitative estimate of drug-likeness (QED) is 0.404. The van der Waals surface area contributed by atoms with Crippen LogP contribution in [0.2, 0.25) is 0 Å². The van der Waals surface area contributed by atoms with Crippen molar-refractivity contribution in [2.45, 2.75) is 39.0 Å². The zero-order chi connectivity index (χ0) is 9.94. The predicted octanol–water partition coefficient (Wildman–Crippen LogP) is 4.00. The lowest BCUT2D eigenvalue weighted by molar-refractivity contribution is 0.674. The molecule has 0 aromatic heterocycles. The van der Waals surface area contributed by atoms with Gasteiger partial charge in [0.05, 0.1) is 0 Å². The fourth-order valence-electron chi connectivity index (χ4n) is 1.13. The summed E-state index contributed by atoms with van der Waals surface area (Å²) < 4.78 is 0. The maximum Gasteiger partial charge on any atom is 0.129 e. The molecule has 0 N–H and O–H groups in total. The van der Waals surface area contributed by atoms with Crippen LogP contribution in [0.4, 0.5) is 0 Å². The van der Waals surface area contributed by atoms with Crippen molar-refractivity contribution in [3.63, 3.8) is 0 Å². The Balaban J connectivity index is 3.39. The molecular formula is C12H21Si. The lowest BCUT2D eigenvalue weighted by Crippen LogP contribution is -1.99. The van der Waals surface area contributed by atoms with Crippen molar-refractivity contribution in [1.82, 2.24) is 0 Å². The van der Waals surface area contributed by atoms with E-state index < -0.39 is 8.80 Å². The zero-order valence-electron chi connectivity index (χ0n) is 8.76. The van der Waals surface area contributed by atoms with E-state index in [1.54, 1.807) is 0 Å². The van der Waals surface area contributed by atoms with Crippen LogP contribution >= 0.6 is 0 Å². The summed E-state index contributed by atoms with van der Waals surface area (Å²) in [6.07, 6.45) is 8.88. The van der Waals surface area contributed by atoms with E-state index in [0.29, 0.717) is 0 Å². The predicted molar refractivity (Wildman–Crippen MR) is 64.0 cm³/mol. The van der Waals surface area contributed by atoms with Gasteiger partial charge in [0.1, 0.15) is 8.80 Å². The van der Waals surface area contributed by atoms with Crippen LogP contribution in [-0.4, -0.2) is 8.80 Å². The summed E-state index contributed by atoms with van der Waals surface area (Å²) in [7, 11) is -0.569. The molecule has 1 heteroatoms. The molecule has 0 saturated heterocycles. The molecule has 0 aliphatic rings. The highest BCUT2D eigenvalue weighted by Crippen LogP contribution is 2.03. The van der Waals surface area contributed by atoms with Gasteiger partial charge in [-0.2, -0.15) is 0 Å². The third-order valence-electron chi connectivity index (χ3n) is 2.01. The van der Waals surface area contributed by atoms with Crippen molar-refractivity contribution in [1.29, 1.82) is 0 Å². The van der Waals surface area contributed by atoms with E-state index in [-0.39, 0.29) is 0 Å². The third kappa shape index (κ3) is 7.79. The van der Waals surface area contributed by atoms with E-state index >= 15 is 0 Å². The maximum absolute atomic E-state index is 3.78. The number of hydrogen-bond donors (Lipinski definition) is 0. The van der Waals surface area contributed by atoms with Crippen LogP contribution in [0.25, 0.3) is 0 Å². The van der Waals surface area contributed by atoms with Crippen molar-refractivity contribution in [3.05, 3.63) is 36.3 Å². The fraction of sp³-hybridized carbons (Fsp3) is 0.500. The largest absolute Gasteiger partial charge is 0.129 e. The Morgan fingerprint density at radius 3 is 2.31 bits per heavy atom. The van der Waals surface area contributed by atoms with Gasteiger partial charge in [-0.1, -0.05) is 49.4 Å². The molecule has 73 valence electrons. The summed E-state index contributed by atoms with van der Waals surface area (Å²) in [6.45, 7) is 9.81. The molecule has 0 aliphatic carbocycles. The van der Waals surface area contributed by atoms with Gasteiger partial charge in [-0.25, -0.2) is 0 Å². The molecule has 0 aliphatic heterocycles. The summed E-state index contributed by atoms with van der Waals surface area (Å²) in [6, 6.07) is 0. The minimum Gasteiger partial charge on any atom is -0.106 e. The lowest BCUT2D eigenvalue weighted by Gasteiger charge is -1.96. The molecule has 0 aromatic carbocycles. The van der Waals surface area contributed by atoms with E-state index in [2.05, 4.69) is 31.9 Å². The average Bonchev–Trinajstić information content (AvgIpc) is 2.17. The summed E-state index contributed by atoms with van der Waals surface area (Å²) in [5.41, 5.74) is 6.30. The first-order chi connectivity index (χ1) is 6.35. The SMILES string of the molecule is C=C[Si](C=C)C=CCCCCCC. The molecule has 13 heavy (non-hydrogen) atoms. The summed E-state index contributed by atoms with van der Waals surface area (Å²) in [5, 5.41) is 0. The van der Waals surface area contributed by atoms with E-state index in [4.69, 9.17) is 0 Å². The van der Waals surface area contributed by atoms with Gasteiger partial charge in [-0.05, 0) is 12.8 Å². The highest BCUT2D eigenvalue weighted by atomic mass is 28.3. The van der Waals surface area contributed by atoms with E-state index in [1.807, 2.05) is 11.4 Å². The second-order valence-electron chi connectivity index (χ2n) is 3.16. The molecule has 0 bridgehead atoms. The lowest BCUT2D eigenvalue weighted by atomic mass is 10.2. The van der Waals surface area contributed by atoms with Crippen LogP contribution in [0.5, 0.6) is 0 Å². The smallest absolute Gasteiger partial charge is 0.106 e. The Hall–Kier alpha value is -0.563. The van der Waals surface area contributed by atoms with Crippen molar-refractivity contribution >= 4 is 8.80 Å². The highest BCUT2D eigenvalue weighted by molar-refractivity contribution is 6.74. The van der Waals surface area contributed by atoms with Crippen LogP contribution < -0.4 is 0 Å². The van der Waals surface area contributed by atoms with E-state index in [1.165, 1.54) is 32.1 Å². The van der Waals surface area contributed by atoms with Gasteiger partial charge in [-0.3, -0.25) is 0 Å². The van der Waals surface area contributed by atoms with Gasteiger partial charge in [0.25, 0.3) is 0 Å². The average molecular weight is 193 g/mol. The minimum absolute atomic E-state index is 0.569. The molecular weight excluding hydrogens is 172 g/mol. The number of allylic oxidation sites excluding steroid dienone is 1. The van der Waals surface area contributed by atoms with Gasteiger partial charge < -0.3 is 0 Å². The summed E-state index contributed by atoms with van der Waals surface area (Å²) >= 11 is 0. The van der Waals surface area contributed by atoms with Crippen LogP contribution in [0.15, 0.2) is 36.3 Å². The first-order valence-corrected chi connectivity index (χ1v) is 6.86. The van der Waals surface area contributed by atoms with Crippen molar-refractivity contribution in [2.24, 2.45) is 0 Å². The first kappa shape index (κ1) is 12.4. The van der Waals surface area contributed by atoms with Gasteiger partial charge in [0.2, 0.25) is 0 Å². The standard InChI is InChI=1S/C12H21Si/c1-4-7-8-9-10-11-12-13(5-2)6-3/h5-6,11-12H,2-4,7-10H2,1H3. The molecule has 0 nitrogen and oxygen atoms in total. The molecule has 0 heterocycles. The van der Waals surface area contributed by atoms with E-state index in [0.717, 1.165) is 0 Å². The Kier molecular flexibility index (Phi) is 9.11. The molecule has 0 atom stereocenters. The van der Waals surface area contributed by atoms with E-state index in [9.17, 15) is 0 Å². The van der Waals surface area contributed by atoms with Crippen LogP contribution in [-0.2, 0) is 0 Å². The first-order valence-electron chi connectivity index (χ1n) is 5.13. The molecule has 0 unspecified atom stereocenters. The molecule has 0 fully saturated rings. The normalized spacial score (nSPS) is 10.9. The van der Waals surface area contributed by atoms with Crippen LogP contribution in [0.1, 0.15) is 39.0 Å². The second kappa shape index (κ2) is 9.52. The summed E-state index contributed by atoms with van der Waals surface area (Å²) in [5.74, 6) is 0. The number of rotatable bonds is 8. The molecule has 0 aromatic rings. The molecule has 0 rings (SSSR count). The van der Waals surface area contributed by atoms with Gasteiger partial charge in [-0.15, -0.1) is 13.2 Å². The fourth-order valence-corrected chi connectivity index (χ4v) is 2.01. The highest BCUT2D eigenvalue weighted by Gasteiger charge is 1.92. The Morgan fingerprint density at radius 1 is 1.08 bits per heavy atom. The van der Waals surface area contributed by atoms with Crippen LogP contribution in [0.3, 0.4) is 0 Å². The molecule has 0 saturated carbocycles. The Bertz CT molecular complexity index is 151. The number of unbranched alkanes of at least 4 members (excludes halogenated alkanes) is 4. The molecule has 0 amide bonds. The molecule has 1 radical (unpaired) electrons. The third-order valence-corrected chi connectivity index (χ3v) is 3.57. The van der Waals surface area contributed by atoms with Gasteiger partial charge in [0, 0.05) is 0 Å². The monoisotopic (exact) mass is 193 g/mol. The topological polar surface area (TPSA) is 0 Å². The van der Waals surface area contributed by atoms with Crippen LogP contribution in [0, 0.1) is 0 Å².